The molecular weight excluding hydrogens is 324 g/mol. The van der Waals surface area contributed by atoms with E-state index in [9.17, 15) is 13.2 Å². The summed E-state index contributed by atoms with van der Waals surface area (Å²) < 4.78 is 27.1. The molecule has 6 heteroatoms. The highest BCUT2D eigenvalue weighted by atomic mass is 32.2. The molecule has 0 aliphatic rings. The van der Waals surface area contributed by atoms with Gasteiger partial charge < -0.3 is 5.32 Å². The smallest absolute Gasteiger partial charge is 0.240 e. The van der Waals surface area contributed by atoms with Crippen LogP contribution >= 0.6 is 0 Å². The minimum atomic E-state index is -3.61. The van der Waals surface area contributed by atoms with E-state index in [1.54, 1.807) is 18.2 Å². The predicted octanol–water partition coefficient (Wildman–Crippen LogP) is 2.81. The second-order valence-corrected chi connectivity index (χ2v) is 7.48. The lowest BCUT2D eigenvalue weighted by atomic mass is 10.1. The van der Waals surface area contributed by atoms with Crippen molar-refractivity contribution in [1.29, 1.82) is 0 Å². The summed E-state index contributed by atoms with van der Waals surface area (Å²) in [4.78, 5) is 11.9. The lowest BCUT2D eigenvalue weighted by molar-refractivity contribution is -0.120. The Labute approximate surface area is 143 Å². The maximum absolute atomic E-state index is 12.3. The first-order valence-corrected chi connectivity index (χ1v) is 9.76. The van der Waals surface area contributed by atoms with Gasteiger partial charge in [-0.05, 0) is 29.3 Å². The predicted molar refractivity (Wildman–Crippen MR) is 96.3 cm³/mol. The van der Waals surface area contributed by atoms with Crippen LogP contribution in [0.5, 0.6) is 0 Å². The van der Waals surface area contributed by atoms with Gasteiger partial charge in [-0.1, -0.05) is 50.1 Å². The molecule has 0 aromatic heterocycles. The highest BCUT2D eigenvalue weighted by molar-refractivity contribution is 7.89. The van der Waals surface area contributed by atoms with E-state index in [0.717, 1.165) is 30.0 Å². The van der Waals surface area contributed by atoms with E-state index in [2.05, 4.69) is 17.0 Å². The zero-order chi connectivity index (χ0) is 17.4. The lowest BCUT2D eigenvalue weighted by Crippen LogP contribution is -2.31. The molecule has 130 valence electrons. The Hall–Kier alpha value is -1.92. The van der Waals surface area contributed by atoms with Crippen molar-refractivity contribution in [1.82, 2.24) is 10.0 Å². The summed E-state index contributed by atoms with van der Waals surface area (Å²) in [6, 6.07) is 12.6. The van der Waals surface area contributed by atoms with E-state index in [0.29, 0.717) is 6.54 Å². The maximum Gasteiger partial charge on any atom is 0.240 e. The topological polar surface area (TPSA) is 75.3 Å². The molecule has 24 heavy (non-hydrogen) atoms. The van der Waals surface area contributed by atoms with Crippen LogP contribution in [0.1, 0.15) is 32.6 Å². The monoisotopic (exact) mass is 348 g/mol. The number of unbranched alkanes of at least 4 members (excludes halogenated alkanes) is 2. The fraction of sp³-hybridized carbons (Fsp3) is 0.389. The van der Waals surface area contributed by atoms with Crippen molar-refractivity contribution in [2.75, 3.05) is 13.1 Å². The Morgan fingerprint density at radius 1 is 1.00 bits per heavy atom. The fourth-order valence-electron chi connectivity index (χ4n) is 2.41. The maximum atomic E-state index is 12.3. The average molecular weight is 348 g/mol. The molecule has 5 nitrogen and oxygen atoms in total. The summed E-state index contributed by atoms with van der Waals surface area (Å²) in [5.74, 6) is -0.132. The summed E-state index contributed by atoms with van der Waals surface area (Å²) >= 11 is 0. The highest BCUT2D eigenvalue weighted by Gasteiger charge is 2.14. The van der Waals surface area contributed by atoms with Crippen LogP contribution in [-0.2, 0) is 14.8 Å². The average Bonchev–Trinajstić information content (AvgIpc) is 2.58. The number of rotatable bonds is 9. The molecule has 0 atom stereocenters. The largest absolute Gasteiger partial charge is 0.356 e. The van der Waals surface area contributed by atoms with E-state index < -0.39 is 10.0 Å². The third kappa shape index (κ3) is 5.32. The number of hydrogen-bond acceptors (Lipinski definition) is 3. The standard InChI is InChI=1S/C18H24N2O3S/c1-2-3-6-12-19-18(21)11-13-20-24(22,23)17-10-9-15-7-4-5-8-16(15)14-17/h4-5,7-10,14,20H,2-3,6,11-13H2,1H3,(H,19,21). The van der Waals surface area contributed by atoms with Crippen LogP contribution in [-0.4, -0.2) is 27.4 Å². The van der Waals surface area contributed by atoms with E-state index in [1.165, 1.54) is 0 Å². The second kappa shape index (κ2) is 8.80. The van der Waals surface area contributed by atoms with Crippen molar-refractivity contribution in [3.05, 3.63) is 42.5 Å². The zero-order valence-corrected chi connectivity index (χ0v) is 14.7. The van der Waals surface area contributed by atoms with Gasteiger partial charge in [0.05, 0.1) is 4.90 Å². The summed E-state index contributed by atoms with van der Waals surface area (Å²) in [6.45, 7) is 2.84. The number of hydrogen-bond donors (Lipinski definition) is 2. The molecule has 0 fully saturated rings. The van der Waals surface area contributed by atoms with Gasteiger partial charge in [-0.3, -0.25) is 4.79 Å². The van der Waals surface area contributed by atoms with E-state index in [4.69, 9.17) is 0 Å². The number of nitrogens with one attached hydrogen (secondary N) is 2. The first-order valence-electron chi connectivity index (χ1n) is 8.28. The van der Waals surface area contributed by atoms with E-state index >= 15 is 0 Å². The number of benzene rings is 2. The number of carbonyl (C=O) groups excluding carboxylic acids is 1. The van der Waals surface area contributed by atoms with Gasteiger partial charge in [-0.15, -0.1) is 0 Å². The first kappa shape index (κ1) is 18.4. The van der Waals surface area contributed by atoms with Crippen molar-refractivity contribution >= 4 is 26.7 Å². The Morgan fingerprint density at radius 3 is 2.50 bits per heavy atom. The summed E-state index contributed by atoms with van der Waals surface area (Å²) in [5.41, 5.74) is 0. The Morgan fingerprint density at radius 2 is 1.75 bits per heavy atom. The molecule has 0 heterocycles. The molecule has 2 N–H and O–H groups in total. The van der Waals surface area contributed by atoms with Crippen molar-refractivity contribution in [3.8, 4) is 0 Å². The van der Waals surface area contributed by atoms with Gasteiger partial charge in [-0.25, -0.2) is 13.1 Å². The molecule has 1 amide bonds. The first-order chi connectivity index (χ1) is 11.5. The second-order valence-electron chi connectivity index (χ2n) is 5.71. The van der Waals surface area contributed by atoms with Crippen LogP contribution < -0.4 is 10.0 Å². The molecule has 0 spiro atoms. The molecule has 0 bridgehead atoms. The van der Waals surface area contributed by atoms with Gasteiger partial charge in [0, 0.05) is 19.5 Å². The minimum Gasteiger partial charge on any atom is -0.356 e. The molecule has 0 unspecified atom stereocenters. The quantitative estimate of drug-likeness (QED) is 0.684. The summed E-state index contributed by atoms with van der Waals surface area (Å²) in [7, 11) is -3.61. The van der Waals surface area contributed by atoms with Crippen LogP contribution in [0.3, 0.4) is 0 Å². The molecule has 2 rings (SSSR count). The normalized spacial score (nSPS) is 11.5. The third-order valence-corrected chi connectivity index (χ3v) is 5.24. The lowest BCUT2D eigenvalue weighted by Gasteiger charge is -2.08. The molecule has 0 aliphatic carbocycles. The van der Waals surface area contributed by atoms with Gasteiger partial charge >= 0.3 is 0 Å². The number of sulfonamides is 1. The molecule has 0 saturated carbocycles. The Kier molecular flexibility index (Phi) is 6.75. The van der Waals surface area contributed by atoms with Crippen molar-refractivity contribution < 1.29 is 13.2 Å². The van der Waals surface area contributed by atoms with E-state index in [1.807, 2.05) is 24.3 Å². The molecule has 0 radical (unpaired) electrons. The molecule has 0 saturated heterocycles. The van der Waals surface area contributed by atoms with Crippen LogP contribution in [0.4, 0.5) is 0 Å². The van der Waals surface area contributed by atoms with Crippen LogP contribution in [0.25, 0.3) is 10.8 Å². The van der Waals surface area contributed by atoms with E-state index in [-0.39, 0.29) is 23.8 Å². The minimum absolute atomic E-state index is 0.0920. The van der Waals surface area contributed by atoms with Gasteiger partial charge in [0.1, 0.15) is 0 Å². The number of amides is 1. The SMILES string of the molecule is CCCCCNC(=O)CCNS(=O)(=O)c1ccc2ccccc2c1. The van der Waals surface area contributed by atoms with Crippen LogP contribution in [0.15, 0.2) is 47.4 Å². The summed E-state index contributed by atoms with van der Waals surface area (Å²) in [5, 5.41) is 4.65. The molecular formula is C18H24N2O3S. The van der Waals surface area contributed by atoms with Crippen molar-refractivity contribution in [2.24, 2.45) is 0 Å². The molecule has 0 aliphatic heterocycles. The fourth-order valence-corrected chi connectivity index (χ4v) is 3.47. The third-order valence-electron chi connectivity index (χ3n) is 3.78. The molecule has 2 aromatic carbocycles. The Bertz CT molecular complexity index is 788. The van der Waals surface area contributed by atoms with Crippen molar-refractivity contribution in [2.45, 2.75) is 37.5 Å². The summed E-state index contributed by atoms with van der Waals surface area (Å²) in [6.07, 6.45) is 3.26. The van der Waals surface area contributed by atoms with Gasteiger partial charge in [0.15, 0.2) is 0 Å². The molecule has 2 aromatic rings. The van der Waals surface area contributed by atoms with Gasteiger partial charge in [0.2, 0.25) is 15.9 Å². The van der Waals surface area contributed by atoms with Crippen LogP contribution in [0.2, 0.25) is 0 Å². The highest BCUT2D eigenvalue weighted by Crippen LogP contribution is 2.18. The number of carbonyl (C=O) groups is 1. The Balaban J connectivity index is 1.87. The van der Waals surface area contributed by atoms with Gasteiger partial charge in [-0.2, -0.15) is 0 Å². The van der Waals surface area contributed by atoms with Gasteiger partial charge in [0.25, 0.3) is 0 Å². The van der Waals surface area contributed by atoms with Crippen LogP contribution in [0, 0.1) is 0 Å². The zero-order valence-electron chi connectivity index (χ0n) is 13.9. The number of fused-ring (bicyclic) bond motifs is 1. The van der Waals surface area contributed by atoms with Crippen molar-refractivity contribution in [3.63, 3.8) is 0 Å².